The molecule has 19 heavy (non-hydrogen) atoms. The van der Waals surface area contributed by atoms with Crippen LogP contribution in [0.25, 0.3) is 0 Å². The second-order valence-electron chi connectivity index (χ2n) is 4.32. The Bertz CT molecular complexity index is 619. The number of carbonyl (C=O) groups excluding carboxylic acids is 1. The third-order valence-electron chi connectivity index (χ3n) is 2.83. The van der Waals surface area contributed by atoms with Crippen LogP contribution in [0.1, 0.15) is 27.2 Å². The molecule has 2 aromatic rings. The van der Waals surface area contributed by atoms with E-state index in [2.05, 4.69) is 21.2 Å². The summed E-state index contributed by atoms with van der Waals surface area (Å²) in [5.41, 5.74) is 3.11. The van der Waals surface area contributed by atoms with E-state index in [1.807, 2.05) is 19.1 Å². The van der Waals surface area contributed by atoms with Crippen molar-refractivity contribution in [3.05, 3.63) is 51.4 Å². The van der Waals surface area contributed by atoms with Gasteiger partial charge in [-0.1, -0.05) is 12.1 Å². The van der Waals surface area contributed by atoms with Crippen molar-refractivity contribution in [2.75, 3.05) is 5.32 Å². The third-order valence-corrected chi connectivity index (χ3v) is 3.22. The van der Waals surface area contributed by atoms with Crippen molar-refractivity contribution < 1.29 is 14.3 Å². The number of nitrogens with one attached hydrogen (secondary N) is 1. The minimum atomic E-state index is -0.304. The van der Waals surface area contributed by atoms with E-state index in [0.717, 1.165) is 16.7 Å². The molecule has 0 fully saturated rings. The number of carbonyl (C=O) groups is 1. The topological polar surface area (TPSA) is 62.5 Å². The average Bonchev–Trinajstić information content (AvgIpc) is 2.71. The van der Waals surface area contributed by atoms with Gasteiger partial charge in [-0.2, -0.15) is 0 Å². The minimum Gasteiger partial charge on any atom is -0.444 e. The molecule has 4 nitrogen and oxygen atoms in total. The predicted molar refractivity (Wildman–Crippen MR) is 76.2 cm³/mol. The van der Waals surface area contributed by atoms with E-state index >= 15 is 0 Å². The van der Waals surface area contributed by atoms with Crippen molar-refractivity contribution in [1.29, 1.82) is 0 Å². The lowest BCUT2D eigenvalue weighted by molar-refractivity contribution is 0.0994. The quantitative estimate of drug-likeness (QED) is 0.909. The smallest absolute Gasteiger partial charge is 0.291 e. The normalized spacial score (nSPS) is 10.5. The number of aliphatic hydroxyl groups excluding tert-OH is 1. The summed E-state index contributed by atoms with van der Waals surface area (Å²) in [6.45, 7) is 3.64. The van der Waals surface area contributed by atoms with E-state index < -0.39 is 0 Å². The van der Waals surface area contributed by atoms with E-state index in [-0.39, 0.29) is 18.3 Å². The van der Waals surface area contributed by atoms with Crippen molar-refractivity contribution in [2.24, 2.45) is 0 Å². The van der Waals surface area contributed by atoms with Crippen molar-refractivity contribution in [3.63, 3.8) is 0 Å². The van der Waals surface area contributed by atoms with Crippen molar-refractivity contribution in [2.45, 2.75) is 20.5 Å². The minimum absolute atomic E-state index is 0.0610. The highest BCUT2D eigenvalue weighted by Gasteiger charge is 2.16. The molecule has 0 radical (unpaired) electrons. The molecular weight excluding hydrogens is 310 g/mol. The van der Waals surface area contributed by atoms with E-state index in [0.29, 0.717) is 10.4 Å². The lowest BCUT2D eigenvalue weighted by Gasteiger charge is -2.09. The molecule has 1 heterocycles. The summed E-state index contributed by atoms with van der Waals surface area (Å²) in [6.07, 6.45) is 0. The number of halogens is 1. The predicted octanol–water partition coefficient (Wildman–Crippen LogP) is 3.40. The Balaban J connectivity index is 2.26. The van der Waals surface area contributed by atoms with Crippen LogP contribution in [0.15, 0.2) is 33.4 Å². The zero-order valence-electron chi connectivity index (χ0n) is 10.7. The van der Waals surface area contributed by atoms with Gasteiger partial charge in [-0.25, -0.2) is 0 Å². The highest BCUT2D eigenvalue weighted by molar-refractivity contribution is 9.10. The van der Waals surface area contributed by atoms with Gasteiger partial charge in [0.25, 0.3) is 5.91 Å². The van der Waals surface area contributed by atoms with Crippen molar-refractivity contribution in [1.82, 2.24) is 0 Å². The van der Waals surface area contributed by atoms with Gasteiger partial charge in [-0.05, 0) is 53.0 Å². The lowest BCUT2D eigenvalue weighted by atomic mass is 10.1. The third kappa shape index (κ3) is 3.05. The van der Waals surface area contributed by atoms with Gasteiger partial charge >= 0.3 is 0 Å². The molecule has 0 bridgehead atoms. The molecule has 2 N–H and O–H groups in total. The fourth-order valence-corrected chi connectivity index (χ4v) is 2.26. The number of anilines is 1. The second-order valence-corrected chi connectivity index (χ2v) is 5.11. The maximum absolute atomic E-state index is 12.1. The number of aliphatic hydroxyl groups is 1. The summed E-state index contributed by atoms with van der Waals surface area (Å²) in [4.78, 5) is 12.1. The molecule has 0 atom stereocenters. The number of aryl methyl sites for hydroxylation is 2. The van der Waals surface area contributed by atoms with Crippen LogP contribution in [-0.4, -0.2) is 11.0 Å². The number of rotatable bonds is 3. The Morgan fingerprint density at radius 2 is 2.05 bits per heavy atom. The summed E-state index contributed by atoms with van der Waals surface area (Å²) < 4.78 is 5.82. The summed E-state index contributed by atoms with van der Waals surface area (Å²) >= 11 is 3.19. The van der Waals surface area contributed by atoms with Crippen LogP contribution in [0.5, 0.6) is 0 Å². The molecule has 100 valence electrons. The first kappa shape index (κ1) is 13.8. The fourth-order valence-electron chi connectivity index (χ4n) is 1.75. The molecule has 2 rings (SSSR count). The number of hydrogen-bond acceptors (Lipinski definition) is 3. The maximum atomic E-state index is 12.1. The number of amides is 1. The molecule has 0 aliphatic rings. The van der Waals surface area contributed by atoms with Gasteiger partial charge in [0.2, 0.25) is 0 Å². The van der Waals surface area contributed by atoms with Crippen LogP contribution >= 0.6 is 15.9 Å². The Morgan fingerprint density at radius 3 is 2.63 bits per heavy atom. The lowest BCUT2D eigenvalue weighted by Crippen LogP contribution is -2.13. The standard InChI is InChI=1S/C14H14BrNO3/c1-8-3-4-10(7-17)6-11(8)16-14(18)13-9(2)5-12(15)19-13/h3-6,17H,7H2,1-2H3,(H,16,18). The molecule has 5 heteroatoms. The van der Waals surface area contributed by atoms with Crippen LogP contribution in [0.4, 0.5) is 5.69 Å². The summed E-state index contributed by atoms with van der Waals surface area (Å²) in [5.74, 6) is -0.0259. The van der Waals surface area contributed by atoms with E-state index in [1.54, 1.807) is 19.1 Å². The molecule has 1 aromatic heterocycles. The molecule has 1 aromatic carbocycles. The summed E-state index contributed by atoms with van der Waals surface area (Å²) in [7, 11) is 0. The molecule has 0 saturated carbocycles. The van der Waals surface area contributed by atoms with Gasteiger partial charge in [0, 0.05) is 11.3 Å². The van der Waals surface area contributed by atoms with Gasteiger partial charge in [0.05, 0.1) is 6.61 Å². The summed E-state index contributed by atoms with van der Waals surface area (Å²) in [5, 5.41) is 11.9. The molecule has 0 aliphatic heterocycles. The van der Waals surface area contributed by atoms with Gasteiger partial charge in [-0.3, -0.25) is 4.79 Å². The Kier molecular flexibility index (Phi) is 4.07. The number of hydrogen-bond donors (Lipinski definition) is 2. The van der Waals surface area contributed by atoms with Crippen LogP contribution < -0.4 is 5.32 Å². The molecular formula is C14H14BrNO3. The first-order valence-electron chi connectivity index (χ1n) is 5.79. The van der Waals surface area contributed by atoms with Crippen molar-refractivity contribution in [3.8, 4) is 0 Å². The Hall–Kier alpha value is -1.59. The molecule has 0 aliphatic carbocycles. The van der Waals surface area contributed by atoms with E-state index in [9.17, 15) is 4.79 Å². The molecule has 1 amide bonds. The molecule has 0 spiro atoms. The SMILES string of the molecule is Cc1ccc(CO)cc1NC(=O)c1oc(Br)cc1C. The van der Waals surface area contributed by atoms with Crippen LogP contribution in [0.3, 0.4) is 0 Å². The fraction of sp³-hybridized carbons (Fsp3) is 0.214. The largest absolute Gasteiger partial charge is 0.444 e. The summed E-state index contributed by atoms with van der Waals surface area (Å²) in [6, 6.07) is 7.16. The first-order valence-corrected chi connectivity index (χ1v) is 6.58. The van der Waals surface area contributed by atoms with Gasteiger partial charge in [0.1, 0.15) is 0 Å². The van der Waals surface area contributed by atoms with Gasteiger partial charge in [-0.15, -0.1) is 0 Å². The van der Waals surface area contributed by atoms with Crippen molar-refractivity contribution >= 4 is 27.5 Å². The second kappa shape index (κ2) is 5.59. The van der Waals surface area contributed by atoms with Gasteiger partial charge in [0.15, 0.2) is 10.4 Å². The Labute approximate surface area is 119 Å². The Morgan fingerprint density at radius 1 is 1.32 bits per heavy atom. The van der Waals surface area contributed by atoms with Crippen LogP contribution in [0, 0.1) is 13.8 Å². The van der Waals surface area contributed by atoms with Crippen LogP contribution in [0.2, 0.25) is 0 Å². The highest BCUT2D eigenvalue weighted by atomic mass is 79.9. The van der Waals surface area contributed by atoms with Gasteiger partial charge < -0.3 is 14.8 Å². The monoisotopic (exact) mass is 323 g/mol. The van der Waals surface area contributed by atoms with E-state index in [4.69, 9.17) is 9.52 Å². The number of furan rings is 1. The molecule has 0 saturated heterocycles. The molecule has 0 unspecified atom stereocenters. The maximum Gasteiger partial charge on any atom is 0.291 e. The zero-order valence-corrected chi connectivity index (χ0v) is 12.2. The van der Waals surface area contributed by atoms with Crippen LogP contribution in [-0.2, 0) is 6.61 Å². The van der Waals surface area contributed by atoms with E-state index in [1.165, 1.54) is 0 Å². The highest BCUT2D eigenvalue weighted by Crippen LogP contribution is 2.22. The first-order chi connectivity index (χ1) is 9.01. The number of benzene rings is 1. The average molecular weight is 324 g/mol. The zero-order chi connectivity index (χ0) is 14.0.